The van der Waals surface area contributed by atoms with Crippen LogP contribution in [0.1, 0.15) is 65.2 Å². The first-order valence-corrected chi connectivity index (χ1v) is 13.9. The Morgan fingerprint density at radius 2 is 1.91 bits per heavy atom. The Kier molecular flexibility index (Phi) is 4.79. The van der Waals surface area contributed by atoms with E-state index < -0.39 is 5.60 Å². The molecule has 5 saturated carbocycles. The Morgan fingerprint density at radius 1 is 1.09 bits per heavy atom. The second kappa shape index (κ2) is 7.53. The summed E-state index contributed by atoms with van der Waals surface area (Å²) in [4.78, 5) is 13.9. The number of fused-ring (bicyclic) bond motifs is 8. The molecule has 0 bridgehead atoms. The van der Waals surface area contributed by atoms with Crippen LogP contribution in [-0.2, 0) is 11.3 Å². The zero-order valence-corrected chi connectivity index (χ0v) is 21.3. The van der Waals surface area contributed by atoms with Gasteiger partial charge >= 0.3 is 0 Å². The Hall–Kier alpha value is -1.95. The molecule has 0 spiro atoms. The van der Waals surface area contributed by atoms with E-state index in [4.69, 9.17) is 4.74 Å². The molecule has 10 atom stereocenters. The second-order valence-electron chi connectivity index (χ2n) is 13.2. The van der Waals surface area contributed by atoms with Gasteiger partial charge in [0.15, 0.2) is 5.78 Å². The molecule has 1 N–H and O–H groups in total. The lowest BCUT2D eigenvalue weighted by Crippen LogP contribution is -2.52. The van der Waals surface area contributed by atoms with E-state index in [9.17, 15) is 9.90 Å². The fourth-order valence-electron chi connectivity index (χ4n) is 10.1. The molecule has 1 heterocycles. The van der Waals surface area contributed by atoms with Gasteiger partial charge in [-0.2, -0.15) is 0 Å². The van der Waals surface area contributed by atoms with Gasteiger partial charge in [-0.1, -0.05) is 12.1 Å². The molecule has 0 amide bonds. The summed E-state index contributed by atoms with van der Waals surface area (Å²) in [5.74, 6) is 6.40. The Balaban J connectivity index is 1.13. The lowest BCUT2D eigenvalue weighted by Gasteiger charge is -2.57. The highest BCUT2D eigenvalue weighted by molar-refractivity contribution is 5.85. The van der Waals surface area contributed by atoms with Crippen molar-refractivity contribution in [2.24, 2.45) is 52.8 Å². The van der Waals surface area contributed by atoms with Crippen molar-refractivity contribution >= 4 is 16.8 Å². The van der Waals surface area contributed by atoms with E-state index in [1.165, 1.54) is 38.5 Å². The Morgan fingerprint density at radius 3 is 2.74 bits per heavy atom. The lowest BCUT2D eigenvalue weighted by atomic mass is 9.48. The van der Waals surface area contributed by atoms with E-state index in [1.54, 1.807) is 11.8 Å². The summed E-state index contributed by atoms with van der Waals surface area (Å²) >= 11 is 0. The summed E-state index contributed by atoms with van der Waals surface area (Å²) in [7, 11) is 1.66. The van der Waals surface area contributed by atoms with Crippen molar-refractivity contribution in [1.29, 1.82) is 0 Å². The van der Waals surface area contributed by atoms with Crippen LogP contribution in [0.3, 0.4) is 0 Å². The Bertz CT molecular complexity index is 1170. The number of hydrogen-bond acceptors (Lipinski definition) is 5. The topological polar surface area (TPSA) is 77.2 Å². The van der Waals surface area contributed by atoms with Gasteiger partial charge in [0.05, 0.1) is 18.2 Å². The van der Waals surface area contributed by atoms with Gasteiger partial charge < -0.3 is 9.84 Å². The standard InChI is InChI=1S/C29H39N3O3/c1-28(34)10-8-18-16(14-28)4-6-20-19(18)9-11-29(2)26(20)21-13-22(21)27(29)25(33)15-32-24-12-17(35-3)5-7-23(24)30-31-32/h5,7,12,16,18-22,26-27,34H,4,6,8-11,13-15H2,1-3H3/t16-,18+,19-,20-,21-,22+,26-,27-,28-,29+/m1/s1. The van der Waals surface area contributed by atoms with Crippen LogP contribution < -0.4 is 4.74 Å². The number of carbonyl (C=O) groups excluding carboxylic acids is 1. The number of aliphatic hydroxyl groups is 1. The monoisotopic (exact) mass is 477 g/mol. The third-order valence-electron chi connectivity index (χ3n) is 11.4. The normalized spacial score (nSPS) is 45.8. The SMILES string of the molecule is COc1ccc2nnn(CC(=O)[C@H]3[C@H]4C[C@H]4[C@H]4[C@@H]5CC[C@@H]6C[C@](C)(O)CC[C@@H]6[C@H]5CC[C@@]43C)c2c1. The maximum atomic E-state index is 13.9. The minimum absolute atomic E-state index is 0.132. The van der Waals surface area contributed by atoms with Crippen molar-refractivity contribution in [3.05, 3.63) is 18.2 Å². The van der Waals surface area contributed by atoms with Gasteiger partial charge in [0.1, 0.15) is 17.8 Å². The molecule has 1 aromatic carbocycles. The summed E-state index contributed by atoms with van der Waals surface area (Å²) in [6, 6.07) is 5.74. The maximum Gasteiger partial charge on any atom is 0.158 e. The largest absolute Gasteiger partial charge is 0.497 e. The van der Waals surface area contributed by atoms with Gasteiger partial charge in [0, 0.05) is 12.0 Å². The van der Waals surface area contributed by atoms with Gasteiger partial charge in [0.25, 0.3) is 0 Å². The first-order valence-electron chi connectivity index (χ1n) is 13.9. The Labute approximate surface area is 207 Å². The smallest absolute Gasteiger partial charge is 0.158 e. The predicted molar refractivity (Wildman–Crippen MR) is 133 cm³/mol. The molecule has 5 aliphatic carbocycles. The summed E-state index contributed by atoms with van der Waals surface area (Å²) < 4.78 is 7.18. The molecule has 188 valence electrons. The fourth-order valence-corrected chi connectivity index (χ4v) is 10.1. The molecule has 6 heteroatoms. The minimum Gasteiger partial charge on any atom is -0.497 e. The number of methoxy groups -OCH3 is 1. The van der Waals surface area contributed by atoms with Crippen LogP contribution in [0, 0.1) is 52.8 Å². The molecular weight excluding hydrogens is 438 g/mol. The van der Waals surface area contributed by atoms with Crippen LogP contribution in [0.15, 0.2) is 18.2 Å². The van der Waals surface area contributed by atoms with Crippen LogP contribution in [0.5, 0.6) is 5.75 Å². The molecule has 0 saturated heterocycles. The highest BCUT2D eigenvalue weighted by atomic mass is 16.5. The third kappa shape index (κ3) is 3.27. The van der Waals surface area contributed by atoms with Crippen LogP contribution >= 0.6 is 0 Å². The van der Waals surface area contributed by atoms with Crippen molar-refractivity contribution in [1.82, 2.24) is 15.0 Å². The van der Waals surface area contributed by atoms with E-state index in [0.29, 0.717) is 30.1 Å². The zero-order valence-electron chi connectivity index (χ0n) is 21.3. The fraction of sp³-hybridized carbons (Fsp3) is 0.759. The zero-order chi connectivity index (χ0) is 24.1. The number of nitrogens with zero attached hydrogens (tertiary/aromatic N) is 3. The van der Waals surface area contributed by atoms with Gasteiger partial charge in [-0.15, -0.1) is 5.10 Å². The molecule has 2 aromatic rings. The number of rotatable bonds is 4. The van der Waals surface area contributed by atoms with Crippen LogP contribution in [0.2, 0.25) is 0 Å². The number of ketones is 1. The molecule has 7 rings (SSSR count). The molecular formula is C29H39N3O3. The number of ether oxygens (including phenoxy) is 1. The number of Topliss-reactive ketones (excluding diaryl/α,β-unsaturated/α-hetero) is 1. The summed E-state index contributed by atoms with van der Waals surface area (Å²) in [5.41, 5.74) is 1.36. The van der Waals surface area contributed by atoms with Crippen molar-refractivity contribution in [2.75, 3.05) is 7.11 Å². The van der Waals surface area contributed by atoms with Crippen LogP contribution in [0.4, 0.5) is 0 Å². The summed E-state index contributed by atoms with van der Waals surface area (Å²) in [6.45, 7) is 4.82. The molecule has 5 aliphatic rings. The van der Waals surface area contributed by atoms with Crippen LogP contribution in [0.25, 0.3) is 11.0 Å². The molecule has 0 aliphatic heterocycles. The number of hydrogen-bond donors (Lipinski definition) is 1. The second-order valence-corrected chi connectivity index (χ2v) is 13.2. The predicted octanol–water partition coefficient (Wildman–Crippen LogP) is 4.88. The highest BCUT2D eigenvalue weighted by Crippen LogP contribution is 2.74. The van der Waals surface area contributed by atoms with E-state index in [0.717, 1.165) is 53.3 Å². The van der Waals surface area contributed by atoms with Gasteiger partial charge in [-0.05, 0) is 117 Å². The average molecular weight is 478 g/mol. The summed E-state index contributed by atoms with van der Waals surface area (Å²) in [5, 5.41) is 19.3. The van der Waals surface area contributed by atoms with Gasteiger partial charge in [0.2, 0.25) is 0 Å². The van der Waals surface area contributed by atoms with Crippen LogP contribution in [-0.4, -0.2) is 38.6 Å². The molecule has 0 unspecified atom stereocenters. The average Bonchev–Trinajstić information content (AvgIpc) is 3.39. The number of aromatic nitrogens is 3. The van der Waals surface area contributed by atoms with Crippen molar-refractivity contribution < 1.29 is 14.6 Å². The third-order valence-corrected chi connectivity index (χ3v) is 11.4. The minimum atomic E-state index is -0.459. The van der Waals surface area contributed by atoms with E-state index in [2.05, 4.69) is 17.2 Å². The first kappa shape index (κ1) is 22.3. The number of carbonyl (C=O) groups is 1. The molecule has 5 fully saturated rings. The molecule has 0 radical (unpaired) electrons. The van der Waals surface area contributed by atoms with E-state index >= 15 is 0 Å². The summed E-state index contributed by atoms with van der Waals surface area (Å²) in [6.07, 6.45) is 9.44. The molecule has 1 aromatic heterocycles. The highest BCUT2D eigenvalue weighted by Gasteiger charge is 2.70. The lowest BCUT2D eigenvalue weighted by molar-refractivity contribution is -0.136. The van der Waals surface area contributed by atoms with E-state index in [-0.39, 0.29) is 11.3 Å². The van der Waals surface area contributed by atoms with Crippen molar-refractivity contribution in [3.8, 4) is 5.75 Å². The molecule has 6 nitrogen and oxygen atoms in total. The van der Waals surface area contributed by atoms with Crippen molar-refractivity contribution in [2.45, 2.75) is 77.4 Å². The maximum absolute atomic E-state index is 13.9. The van der Waals surface area contributed by atoms with E-state index in [1.807, 2.05) is 25.1 Å². The molecule has 35 heavy (non-hydrogen) atoms. The van der Waals surface area contributed by atoms with Gasteiger partial charge in [-0.25, -0.2) is 4.68 Å². The first-order chi connectivity index (χ1) is 16.8. The van der Waals surface area contributed by atoms with Gasteiger partial charge in [-0.3, -0.25) is 4.79 Å². The number of benzene rings is 1. The van der Waals surface area contributed by atoms with Crippen molar-refractivity contribution in [3.63, 3.8) is 0 Å². The quantitative estimate of drug-likeness (QED) is 0.679.